The molecule has 0 fully saturated rings. The summed E-state index contributed by atoms with van der Waals surface area (Å²) in [6, 6.07) is 9.93. The van der Waals surface area contributed by atoms with E-state index in [9.17, 15) is 4.91 Å². The first kappa shape index (κ1) is 9.45. The van der Waals surface area contributed by atoms with E-state index in [4.69, 9.17) is 0 Å². The van der Waals surface area contributed by atoms with Crippen LogP contribution >= 0.6 is 0 Å². The molecule has 0 unspecified atom stereocenters. The number of benzene rings is 1. The zero-order chi connectivity index (χ0) is 9.52. The van der Waals surface area contributed by atoms with Crippen LogP contribution in [0.2, 0.25) is 0 Å². The molecule has 0 heterocycles. The minimum atomic E-state index is 0.540. The van der Waals surface area contributed by atoms with Gasteiger partial charge in [-0.25, -0.2) is 0 Å². The van der Waals surface area contributed by atoms with Gasteiger partial charge in [-0.1, -0.05) is 42.5 Å². The number of nitrogens with zero attached hydrogens (tertiary/aromatic N) is 2. The van der Waals surface area contributed by atoms with Gasteiger partial charge in [0, 0.05) is 7.05 Å². The van der Waals surface area contributed by atoms with E-state index in [1.165, 1.54) is 5.01 Å². The Labute approximate surface area is 77.6 Å². The van der Waals surface area contributed by atoms with Crippen molar-refractivity contribution in [2.24, 2.45) is 5.29 Å². The maximum Gasteiger partial charge on any atom is 0.0573 e. The van der Waals surface area contributed by atoms with Crippen molar-refractivity contribution in [2.75, 3.05) is 13.6 Å². The molecule has 0 saturated heterocycles. The van der Waals surface area contributed by atoms with Gasteiger partial charge in [-0.2, -0.15) is 0 Å². The van der Waals surface area contributed by atoms with E-state index >= 15 is 0 Å². The Balaban J connectivity index is 2.45. The molecule has 0 aliphatic carbocycles. The highest BCUT2D eigenvalue weighted by Gasteiger charge is 1.87. The van der Waals surface area contributed by atoms with Crippen LogP contribution in [0.5, 0.6) is 0 Å². The zero-order valence-electron chi connectivity index (χ0n) is 7.55. The van der Waals surface area contributed by atoms with Gasteiger partial charge in [0.25, 0.3) is 0 Å². The molecule has 0 saturated carbocycles. The maximum absolute atomic E-state index is 9.99. The second-order valence-electron chi connectivity index (χ2n) is 2.73. The molecule has 3 heteroatoms. The lowest BCUT2D eigenvalue weighted by Crippen LogP contribution is -2.08. The highest BCUT2D eigenvalue weighted by molar-refractivity contribution is 5.48. The van der Waals surface area contributed by atoms with Gasteiger partial charge in [0.05, 0.1) is 11.8 Å². The summed E-state index contributed by atoms with van der Waals surface area (Å²) in [4.78, 5) is 9.99. The SMILES string of the molecule is CN(C/C=C/c1ccccc1)N=O. The lowest BCUT2D eigenvalue weighted by molar-refractivity contribution is 0.390. The van der Waals surface area contributed by atoms with Gasteiger partial charge in [0.2, 0.25) is 0 Å². The molecule has 13 heavy (non-hydrogen) atoms. The summed E-state index contributed by atoms with van der Waals surface area (Å²) in [5.74, 6) is 0. The summed E-state index contributed by atoms with van der Waals surface area (Å²) < 4.78 is 0. The highest BCUT2D eigenvalue weighted by atomic mass is 16.3. The number of likely N-dealkylation sites (N-methyl/N-ethyl adjacent to an activating group) is 1. The van der Waals surface area contributed by atoms with Crippen LogP contribution in [0.1, 0.15) is 5.56 Å². The molecule has 0 spiro atoms. The minimum Gasteiger partial charge on any atom is -0.260 e. The largest absolute Gasteiger partial charge is 0.260 e. The van der Waals surface area contributed by atoms with Gasteiger partial charge in [-0.15, -0.1) is 4.91 Å². The summed E-state index contributed by atoms with van der Waals surface area (Å²) in [6.07, 6.45) is 3.86. The Morgan fingerprint density at radius 2 is 2.08 bits per heavy atom. The molecule has 0 amide bonds. The third-order valence-corrected chi connectivity index (χ3v) is 1.62. The van der Waals surface area contributed by atoms with Gasteiger partial charge in [0.15, 0.2) is 0 Å². The molecule has 0 radical (unpaired) electrons. The summed E-state index contributed by atoms with van der Waals surface area (Å²) in [5.41, 5.74) is 1.13. The molecule has 1 aromatic carbocycles. The van der Waals surface area contributed by atoms with Crippen molar-refractivity contribution in [2.45, 2.75) is 0 Å². The van der Waals surface area contributed by atoms with Crippen LogP contribution < -0.4 is 0 Å². The van der Waals surface area contributed by atoms with Crippen LogP contribution in [0.25, 0.3) is 6.08 Å². The van der Waals surface area contributed by atoms with Crippen molar-refractivity contribution >= 4 is 6.08 Å². The van der Waals surface area contributed by atoms with Crippen LogP contribution in [-0.4, -0.2) is 18.6 Å². The Morgan fingerprint density at radius 3 is 2.69 bits per heavy atom. The molecule has 0 aromatic heterocycles. The van der Waals surface area contributed by atoms with Crippen molar-refractivity contribution in [3.05, 3.63) is 46.9 Å². The van der Waals surface area contributed by atoms with E-state index in [0.29, 0.717) is 6.54 Å². The van der Waals surface area contributed by atoms with Crippen LogP contribution in [0.4, 0.5) is 0 Å². The Kier molecular flexibility index (Phi) is 3.70. The Hall–Kier alpha value is -1.64. The molecular weight excluding hydrogens is 164 g/mol. The van der Waals surface area contributed by atoms with E-state index in [1.807, 2.05) is 42.5 Å². The minimum absolute atomic E-state index is 0.540. The van der Waals surface area contributed by atoms with E-state index in [0.717, 1.165) is 5.56 Å². The molecule has 1 rings (SSSR count). The summed E-state index contributed by atoms with van der Waals surface area (Å²) in [7, 11) is 1.64. The van der Waals surface area contributed by atoms with Crippen LogP contribution in [0.15, 0.2) is 41.7 Å². The van der Waals surface area contributed by atoms with E-state index in [-0.39, 0.29) is 0 Å². The van der Waals surface area contributed by atoms with Gasteiger partial charge in [-0.05, 0) is 5.56 Å². The lowest BCUT2D eigenvalue weighted by atomic mass is 10.2. The fraction of sp³-hybridized carbons (Fsp3) is 0.200. The molecule has 0 bridgehead atoms. The standard InChI is InChI=1S/C10H12N2O/c1-12(11-13)9-5-8-10-6-3-2-4-7-10/h2-8H,9H2,1H3/b8-5+. The summed E-state index contributed by atoms with van der Waals surface area (Å²) >= 11 is 0. The van der Waals surface area contributed by atoms with E-state index in [2.05, 4.69) is 5.29 Å². The number of hydrogen-bond donors (Lipinski definition) is 0. The van der Waals surface area contributed by atoms with Crippen molar-refractivity contribution in [3.8, 4) is 0 Å². The Bertz CT molecular complexity index is 282. The lowest BCUT2D eigenvalue weighted by Gasteiger charge is -2.02. The van der Waals surface area contributed by atoms with E-state index in [1.54, 1.807) is 7.05 Å². The predicted molar refractivity (Wildman–Crippen MR) is 53.9 cm³/mol. The van der Waals surface area contributed by atoms with Crippen LogP contribution in [0.3, 0.4) is 0 Å². The van der Waals surface area contributed by atoms with Crippen molar-refractivity contribution in [1.29, 1.82) is 0 Å². The highest BCUT2D eigenvalue weighted by Crippen LogP contribution is 2.00. The van der Waals surface area contributed by atoms with Gasteiger partial charge in [0.1, 0.15) is 0 Å². The topological polar surface area (TPSA) is 32.7 Å². The molecule has 68 valence electrons. The second kappa shape index (κ2) is 5.09. The second-order valence-corrected chi connectivity index (χ2v) is 2.73. The first-order valence-corrected chi connectivity index (χ1v) is 4.09. The molecule has 0 N–H and O–H groups in total. The predicted octanol–water partition coefficient (Wildman–Crippen LogP) is 2.31. The quantitative estimate of drug-likeness (QED) is 0.521. The average molecular weight is 176 g/mol. The van der Waals surface area contributed by atoms with Crippen molar-refractivity contribution < 1.29 is 0 Å². The van der Waals surface area contributed by atoms with E-state index < -0.39 is 0 Å². The smallest absolute Gasteiger partial charge is 0.0573 e. The Morgan fingerprint density at radius 1 is 1.38 bits per heavy atom. The van der Waals surface area contributed by atoms with Gasteiger partial charge in [-0.3, -0.25) is 5.01 Å². The summed E-state index contributed by atoms with van der Waals surface area (Å²) in [5, 5.41) is 4.08. The first-order chi connectivity index (χ1) is 6.33. The van der Waals surface area contributed by atoms with Crippen LogP contribution in [-0.2, 0) is 0 Å². The number of nitroso groups, excluding NO2 is 1. The zero-order valence-corrected chi connectivity index (χ0v) is 7.55. The molecule has 1 aromatic rings. The number of rotatable bonds is 4. The third kappa shape index (κ3) is 3.51. The first-order valence-electron chi connectivity index (χ1n) is 4.09. The summed E-state index contributed by atoms with van der Waals surface area (Å²) in [6.45, 7) is 0.540. The average Bonchev–Trinajstić information content (AvgIpc) is 2.19. The van der Waals surface area contributed by atoms with Crippen molar-refractivity contribution in [1.82, 2.24) is 5.01 Å². The monoisotopic (exact) mass is 176 g/mol. The molecule has 0 aliphatic heterocycles. The maximum atomic E-state index is 9.99. The molecule has 0 atom stereocenters. The van der Waals surface area contributed by atoms with Gasteiger partial charge >= 0.3 is 0 Å². The van der Waals surface area contributed by atoms with Crippen molar-refractivity contribution in [3.63, 3.8) is 0 Å². The van der Waals surface area contributed by atoms with Crippen LogP contribution in [0, 0.1) is 4.91 Å². The third-order valence-electron chi connectivity index (χ3n) is 1.62. The number of hydrogen-bond acceptors (Lipinski definition) is 2. The molecule has 0 aliphatic rings. The fourth-order valence-electron chi connectivity index (χ4n) is 0.939. The normalized spacial score (nSPS) is 10.2. The molecule has 3 nitrogen and oxygen atoms in total. The fourth-order valence-corrected chi connectivity index (χ4v) is 0.939. The molecular formula is C10H12N2O. The van der Waals surface area contributed by atoms with Gasteiger partial charge < -0.3 is 0 Å².